The summed E-state index contributed by atoms with van der Waals surface area (Å²) in [6.07, 6.45) is -0.0479. The summed E-state index contributed by atoms with van der Waals surface area (Å²) in [5, 5.41) is 8.31. The second-order valence-corrected chi connectivity index (χ2v) is 8.34. The maximum absolute atomic E-state index is 12.8. The van der Waals surface area contributed by atoms with Crippen molar-refractivity contribution >= 4 is 34.4 Å². The summed E-state index contributed by atoms with van der Waals surface area (Å²) in [5.41, 5.74) is 3.10. The van der Waals surface area contributed by atoms with Gasteiger partial charge in [0.1, 0.15) is 17.1 Å². The molecule has 1 aliphatic rings. The van der Waals surface area contributed by atoms with Crippen LogP contribution in [-0.4, -0.2) is 51.0 Å². The summed E-state index contributed by atoms with van der Waals surface area (Å²) >= 11 is 0. The summed E-state index contributed by atoms with van der Waals surface area (Å²) in [7, 11) is 1.59. The number of imide groups is 1. The topological polar surface area (TPSA) is 106 Å². The number of amides is 3. The number of nitrogens with one attached hydrogen (secondary N) is 1. The summed E-state index contributed by atoms with van der Waals surface area (Å²) in [4.78, 5) is 43.7. The van der Waals surface area contributed by atoms with Gasteiger partial charge in [0.25, 0.3) is 11.8 Å². The number of carbonyl (C=O) groups excluding carboxylic acids is 3. The van der Waals surface area contributed by atoms with Crippen molar-refractivity contribution in [1.29, 1.82) is 0 Å². The molecule has 1 aliphatic heterocycles. The summed E-state index contributed by atoms with van der Waals surface area (Å²) in [6, 6.07) is 16.0. The number of aryl methyl sites for hydroxylation is 2. The molecule has 0 atom stereocenters. The van der Waals surface area contributed by atoms with Gasteiger partial charge in [0.2, 0.25) is 5.91 Å². The van der Waals surface area contributed by atoms with Crippen molar-refractivity contribution in [2.75, 3.05) is 19.0 Å². The molecule has 0 saturated carbocycles. The standard InChI is InChI=1S/C26H23N5O4/c1-15-13-21(28-24-17(15)9-6-10-20(24)35-3)31-22(14-16(2)29-31)27-23(32)11-12-30-25(33)18-7-4-5-8-19(18)26(30)34/h4-10,13-14H,11-12H2,1-3H3,(H,27,32). The van der Waals surface area contributed by atoms with Crippen LogP contribution in [0.2, 0.25) is 0 Å². The van der Waals surface area contributed by atoms with E-state index < -0.39 is 0 Å². The molecule has 2 aromatic carbocycles. The zero-order chi connectivity index (χ0) is 24.7. The van der Waals surface area contributed by atoms with Gasteiger partial charge in [0.05, 0.1) is 23.9 Å². The Morgan fingerprint density at radius 2 is 1.71 bits per heavy atom. The molecule has 176 valence electrons. The van der Waals surface area contributed by atoms with Crippen LogP contribution in [0.4, 0.5) is 5.82 Å². The van der Waals surface area contributed by atoms with Crippen molar-refractivity contribution in [3.63, 3.8) is 0 Å². The Morgan fingerprint density at radius 1 is 1.00 bits per heavy atom. The van der Waals surface area contributed by atoms with E-state index in [2.05, 4.69) is 10.4 Å². The second-order valence-electron chi connectivity index (χ2n) is 8.34. The van der Waals surface area contributed by atoms with E-state index in [1.165, 1.54) is 0 Å². The molecule has 1 N–H and O–H groups in total. The number of aromatic nitrogens is 3. The number of para-hydroxylation sites is 1. The average Bonchev–Trinajstić information content (AvgIpc) is 3.33. The van der Waals surface area contributed by atoms with Gasteiger partial charge >= 0.3 is 0 Å². The minimum Gasteiger partial charge on any atom is -0.494 e. The number of hydrogen-bond donors (Lipinski definition) is 1. The maximum atomic E-state index is 12.8. The van der Waals surface area contributed by atoms with E-state index in [1.807, 2.05) is 38.1 Å². The molecular formula is C26H23N5O4. The van der Waals surface area contributed by atoms with Gasteiger partial charge in [0, 0.05) is 24.4 Å². The molecule has 9 heteroatoms. The van der Waals surface area contributed by atoms with Gasteiger partial charge in [0.15, 0.2) is 5.82 Å². The van der Waals surface area contributed by atoms with E-state index in [4.69, 9.17) is 9.72 Å². The van der Waals surface area contributed by atoms with Crippen LogP contribution < -0.4 is 10.1 Å². The van der Waals surface area contributed by atoms with Gasteiger partial charge < -0.3 is 10.1 Å². The van der Waals surface area contributed by atoms with Crippen molar-refractivity contribution in [2.45, 2.75) is 20.3 Å². The van der Waals surface area contributed by atoms with Gasteiger partial charge in [-0.3, -0.25) is 19.3 Å². The van der Waals surface area contributed by atoms with Crippen LogP contribution in [0, 0.1) is 13.8 Å². The number of ether oxygens (including phenoxy) is 1. The lowest BCUT2D eigenvalue weighted by Gasteiger charge is -2.14. The molecule has 3 heterocycles. The molecule has 4 aromatic rings. The van der Waals surface area contributed by atoms with Crippen LogP contribution in [-0.2, 0) is 4.79 Å². The number of hydrogen-bond acceptors (Lipinski definition) is 6. The monoisotopic (exact) mass is 469 g/mol. The van der Waals surface area contributed by atoms with Crippen LogP contribution in [0.1, 0.15) is 38.4 Å². The third-order valence-corrected chi connectivity index (χ3v) is 5.97. The zero-order valence-corrected chi connectivity index (χ0v) is 19.5. The SMILES string of the molecule is COc1cccc2c(C)cc(-n3nc(C)cc3NC(=O)CCN3C(=O)c4ccccc4C3=O)nc12. The highest BCUT2D eigenvalue weighted by Gasteiger charge is 2.35. The lowest BCUT2D eigenvalue weighted by atomic mass is 10.1. The Kier molecular flexibility index (Phi) is 5.52. The van der Waals surface area contributed by atoms with Crippen molar-refractivity contribution in [2.24, 2.45) is 0 Å². The number of anilines is 1. The van der Waals surface area contributed by atoms with Gasteiger partial charge in [-0.2, -0.15) is 9.78 Å². The molecule has 3 amide bonds. The Labute approximate surface area is 201 Å². The lowest BCUT2D eigenvalue weighted by Crippen LogP contribution is -2.33. The van der Waals surface area contributed by atoms with E-state index in [1.54, 1.807) is 42.1 Å². The fourth-order valence-electron chi connectivity index (χ4n) is 4.27. The van der Waals surface area contributed by atoms with Gasteiger partial charge in [-0.05, 0) is 43.7 Å². The van der Waals surface area contributed by atoms with Crippen molar-refractivity contribution in [3.8, 4) is 11.6 Å². The number of fused-ring (bicyclic) bond motifs is 2. The minimum absolute atomic E-state index is 0.0180. The van der Waals surface area contributed by atoms with Crippen LogP contribution in [0.5, 0.6) is 5.75 Å². The molecule has 0 bridgehead atoms. The number of benzene rings is 2. The first-order valence-electron chi connectivity index (χ1n) is 11.1. The number of pyridine rings is 1. The van der Waals surface area contributed by atoms with Crippen LogP contribution in [0.25, 0.3) is 16.7 Å². The molecule has 0 fully saturated rings. The number of rotatable bonds is 6. The van der Waals surface area contributed by atoms with Crippen molar-refractivity contribution < 1.29 is 19.1 Å². The molecular weight excluding hydrogens is 446 g/mol. The quantitative estimate of drug-likeness (QED) is 0.432. The largest absolute Gasteiger partial charge is 0.494 e. The Hall–Kier alpha value is -4.53. The predicted molar refractivity (Wildman–Crippen MR) is 130 cm³/mol. The number of carbonyl (C=O) groups is 3. The molecule has 0 spiro atoms. The normalized spacial score (nSPS) is 12.8. The molecule has 9 nitrogen and oxygen atoms in total. The van der Waals surface area contributed by atoms with E-state index in [0.717, 1.165) is 15.8 Å². The fraction of sp³-hybridized carbons (Fsp3) is 0.192. The van der Waals surface area contributed by atoms with Gasteiger partial charge in [-0.15, -0.1) is 0 Å². The molecule has 35 heavy (non-hydrogen) atoms. The highest BCUT2D eigenvalue weighted by Crippen LogP contribution is 2.29. The molecule has 0 unspecified atom stereocenters. The van der Waals surface area contributed by atoms with Crippen molar-refractivity contribution in [1.82, 2.24) is 19.7 Å². The Morgan fingerprint density at radius 3 is 2.40 bits per heavy atom. The molecule has 2 aromatic heterocycles. The minimum atomic E-state index is -0.385. The van der Waals surface area contributed by atoms with E-state index in [0.29, 0.717) is 39.7 Å². The first-order valence-corrected chi connectivity index (χ1v) is 11.1. The Bertz CT molecular complexity index is 1470. The molecule has 5 rings (SSSR count). The van der Waals surface area contributed by atoms with E-state index in [9.17, 15) is 14.4 Å². The number of nitrogens with zero attached hydrogens (tertiary/aromatic N) is 4. The lowest BCUT2D eigenvalue weighted by molar-refractivity contribution is -0.116. The highest BCUT2D eigenvalue weighted by molar-refractivity contribution is 6.21. The van der Waals surface area contributed by atoms with E-state index >= 15 is 0 Å². The van der Waals surface area contributed by atoms with E-state index in [-0.39, 0.29) is 30.7 Å². The van der Waals surface area contributed by atoms with Gasteiger partial charge in [-0.25, -0.2) is 4.98 Å². The molecule has 0 radical (unpaired) electrons. The first kappa shape index (κ1) is 22.3. The number of methoxy groups -OCH3 is 1. The second kappa shape index (κ2) is 8.68. The third-order valence-electron chi connectivity index (χ3n) is 5.97. The third kappa shape index (κ3) is 3.90. The smallest absolute Gasteiger partial charge is 0.261 e. The molecule has 0 saturated heterocycles. The Balaban J connectivity index is 1.36. The average molecular weight is 470 g/mol. The van der Waals surface area contributed by atoms with Crippen LogP contribution in [0.3, 0.4) is 0 Å². The maximum Gasteiger partial charge on any atom is 0.261 e. The summed E-state index contributed by atoms with van der Waals surface area (Å²) < 4.78 is 7.04. The highest BCUT2D eigenvalue weighted by atomic mass is 16.5. The predicted octanol–water partition coefficient (Wildman–Crippen LogP) is 3.67. The first-order chi connectivity index (χ1) is 16.9. The van der Waals surface area contributed by atoms with Crippen LogP contribution in [0.15, 0.2) is 54.6 Å². The fourth-order valence-corrected chi connectivity index (χ4v) is 4.27. The van der Waals surface area contributed by atoms with Crippen molar-refractivity contribution in [3.05, 3.63) is 77.0 Å². The summed E-state index contributed by atoms with van der Waals surface area (Å²) in [6.45, 7) is 3.78. The summed E-state index contributed by atoms with van der Waals surface area (Å²) in [5.74, 6) is 0.494. The van der Waals surface area contributed by atoms with Crippen LogP contribution >= 0.6 is 0 Å². The zero-order valence-electron chi connectivity index (χ0n) is 19.5. The van der Waals surface area contributed by atoms with Gasteiger partial charge in [-0.1, -0.05) is 24.3 Å². The molecule has 0 aliphatic carbocycles.